The molecule has 0 heterocycles. The topological polar surface area (TPSA) is 37.4 Å². The van der Waals surface area contributed by atoms with Crippen molar-refractivity contribution in [1.82, 2.24) is 0 Å². The molecule has 0 unspecified atom stereocenters. The third kappa shape index (κ3) is 2.53. The number of anilines is 1. The Hall–Kier alpha value is -0.450. The van der Waals surface area contributed by atoms with E-state index in [-0.39, 0.29) is 0 Å². The summed E-state index contributed by atoms with van der Waals surface area (Å²) in [6.07, 6.45) is 1.12. The number of rotatable bonds is 2. The van der Waals surface area contributed by atoms with Gasteiger partial charge in [-0.05, 0) is 18.2 Å². The summed E-state index contributed by atoms with van der Waals surface area (Å²) >= 11 is 11.5. The molecule has 3 nitrogen and oxygen atoms in total. The zero-order valence-corrected chi connectivity index (χ0v) is 9.99. The zero-order valence-electron chi connectivity index (χ0n) is 7.66. The van der Waals surface area contributed by atoms with Gasteiger partial charge in [0.25, 0.3) is 0 Å². The molecule has 0 aliphatic carbocycles. The Kier molecular flexibility index (Phi) is 3.29. The maximum atomic E-state index is 11.2. The van der Waals surface area contributed by atoms with Gasteiger partial charge in [0.1, 0.15) is 0 Å². The molecule has 0 fully saturated rings. The SMILES string of the molecule is CN(c1ccc(Cl)c(Cl)c1)S(C)(=O)=O. The fraction of sp³-hybridized carbons (Fsp3) is 0.250. The zero-order chi connectivity index (χ0) is 10.9. The molecule has 0 amide bonds. The van der Waals surface area contributed by atoms with Crippen LogP contribution in [0.2, 0.25) is 10.0 Å². The van der Waals surface area contributed by atoms with Crippen molar-refractivity contribution in [2.75, 3.05) is 17.6 Å². The van der Waals surface area contributed by atoms with Crippen LogP contribution >= 0.6 is 23.2 Å². The first-order chi connectivity index (χ1) is 6.32. The molecule has 14 heavy (non-hydrogen) atoms. The van der Waals surface area contributed by atoms with Gasteiger partial charge in [0.15, 0.2) is 0 Å². The summed E-state index contributed by atoms with van der Waals surface area (Å²) in [6, 6.07) is 4.65. The second kappa shape index (κ2) is 3.96. The van der Waals surface area contributed by atoms with Crippen molar-refractivity contribution < 1.29 is 8.42 Å². The van der Waals surface area contributed by atoms with Crippen LogP contribution in [0, 0.1) is 0 Å². The highest BCUT2D eigenvalue weighted by Gasteiger charge is 2.12. The number of hydrogen-bond donors (Lipinski definition) is 0. The average Bonchev–Trinajstić information content (AvgIpc) is 2.07. The largest absolute Gasteiger partial charge is 0.273 e. The lowest BCUT2D eigenvalue weighted by Crippen LogP contribution is -2.24. The monoisotopic (exact) mass is 253 g/mol. The van der Waals surface area contributed by atoms with E-state index < -0.39 is 10.0 Å². The molecule has 0 aliphatic rings. The summed E-state index contributed by atoms with van der Waals surface area (Å²) < 4.78 is 23.5. The van der Waals surface area contributed by atoms with Crippen LogP contribution in [0.5, 0.6) is 0 Å². The lowest BCUT2D eigenvalue weighted by atomic mass is 10.3. The predicted octanol–water partition coefficient (Wildman–Crippen LogP) is 2.39. The highest BCUT2D eigenvalue weighted by atomic mass is 35.5. The van der Waals surface area contributed by atoms with E-state index >= 15 is 0 Å². The maximum absolute atomic E-state index is 11.2. The number of hydrogen-bond acceptors (Lipinski definition) is 2. The molecule has 0 aliphatic heterocycles. The summed E-state index contributed by atoms with van der Waals surface area (Å²) in [5.74, 6) is 0. The second-order valence-corrected chi connectivity index (χ2v) is 5.66. The van der Waals surface area contributed by atoms with Crippen molar-refractivity contribution in [3.8, 4) is 0 Å². The van der Waals surface area contributed by atoms with Crippen molar-refractivity contribution in [3.05, 3.63) is 28.2 Å². The minimum Gasteiger partial charge on any atom is -0.273 e. The third-order valence-corrected chi connectivity index (χ3v) is 3.71. The molecule has 0 spiro atoms. The first-order valence-electron chi connectivity index (χ1n) is 3.71. The van der Waals surface area contributed by atoms with Crippen LogP contribution in [0.15, 0.2) is 18.2 Å². The molecule has 0 saturated carbocycles. The number of nitrogens with zero attached hydrogens (tertiary/aromatic N) is 1. The van der Waals surface area contributed by atoms with Crippen molar-refractivity contribution >= 4 is 38.9 Å². The predicted molar refractivity (Wildman–Crippen MR) is 59.7 cm³/mol. The van der Waals surface area contributed by atoms with Crippen LogP contribution in [0.3, 0.4) is 0 Å². The average molecular weight is 254 g/mol. The molecule has 0 N–H and O–H groups in total. The Balaban J connectivity index is 3.16. The van der Waals surface area contributed by atoms with Crippen molar-refractivity contribution in [3.63, 3.8) is 0 Å². The van der Waals surface area contributed by atoms with Crippen molar-refractivity contribution in [2.45, 2.75) is 0 Å². The normalized spacial score (nSPS) is 11.4. The lowest BCUT2D eigenvalue weighted by molar-refractivity contribution is 0.600. The Morgan fingerprint density at radius 1 is 1.21 bits per heavy atom. The molecule has 1 aromatic rings. The van der Waals surface area contributed by atoms with E-state index in [2.05, 4.69) is 0 Å². The van der Waals surface area contributed by atoms with Crippen LogP contribution in [-0.2, 0) is 10.0 Å². The fourth-order valence-electron chi connectivity index (χ4n) is 0.872. The molecule has 6 heteroatoms. The number of halogens is 2. The lowest BCUT2D eigenvalue weighted by Gasteiger charge is -2.16. The van der Waals surface area contributed by atoms with Gasteiger partial charge in [-0.3, -0.25) is 4.31 Å². The first kappa shape index (κ1) is 11.6. The van der Waals surface area contributed by atoms with Crippen LogP contribution < -0.4 is 4.31 Å². The molecule has 0 radical (unpaired) electrons. The fourth-order valence-corrected chi connectivity index (χ4v) is 1.66. The maximum Gasteiger partial charge on any atom is 0.231 e. The Morgan fingerprint density at radius 2 is 1.79 bits per heavy atom. The van der Waals surface area contributed by atoms with Crippen LogP contribution in [0.1, 0.15) is 0 Å². The van der Waals surface area contributed by atoms with Gasteiger partial charge in [-0.1, -0.05) is 23.2 Å². The number of sulfonamides is 1. The van der Waals surface area contributed by atoms with Gasteiger partial charge in [0, 0.05) is 7.05 Å². The number of benzene rings is 1. The molecule has 78 valence electrons. The van der Waals surface area contributed by atoms with Crippen LogP contribution in [0.25, 0.3) is 0 Å². The highest BCUT2D eigenvalue weighted by Crippen LogP contribution is 2.27. The molecule has 0 atom stereocenters. The molecule has 1 aromatic carbocycles. The Bertz CT molecular complexity index is 445. The minimum absolute atomic E-state index is 0.333. The first-order valence-corrected chi connectivity index (χ1v) is 6.32. The Morgan fingerprint density at radius 3 is 2.21 bits per heavy atom. The van der Waals surface area contributed by atoms with Gasteiger partial charge < -0.3 is 0 Å². The summed E-state index contributed by atoms with van der Waals surface area (Å²) in [4.78, 5) is 0. The minimum atomic E-state index is -3.25. The summed E-state index contributed by atoms with van der Waals surface area (Å²) in [6.45, 7) is 0. The van der Waals surface area contributed by atoms with E-state index in [0.717, 1.165) is 10.6 Å². The molecule has 0 saturated heterocycles. The van der Waals surface area contributed by atoms with Gasteiger partial charge in [-0.15, -0.1) is 0 Å². The summed E-state index contributed by atoms with van der Waals surface area (Å²) in [5.41, 5.74) is 0.488. The van der Waals surface area contributed by atoms with Crippen LogP contribution in [0.4, 0.5) is 5.69 Å². The van der Waals surface area contributed by atoms with Gasteiger partial charge in [-0.25, -0.2) is 8.42 Å². The molecule has 0 bridgehead atoms. The van der Waals surface area contributed by atoms with Gasteiger partial charge in [0.2, 0.25) is 10.0 Å². The second-order valence-electron chi connectivity index (χ2n) is 2.83. The standard InChI is InChI=1S/C8H9Cl2NO2S/c1-11(14(2,12)13)6-3-4-7(9)8(10)5-6/h3-5H,1-2H3. The van der Waals surface area contributed by atoms with Gasteiger partial charge in [-0.2, -0.15) is 0 Å². The highest BCUT2D eigenvalue weighted by molar-refractivity contribution is 7.92. The van der Waals surface area contributed by atoms with E-state index in [4.69, 9.17) is 23.2 Å². The quantitative estimate of drug-likeness (QED) is 0.812. The Labute approximate surface area is 93.3 Å². The summed E-state index contributed by atoms with van der Waals surface area (Å²) in [5, 5.41) is 0.733. The van der Waals surface area contributed by atoms with Gasteiger partial charge in [0.05, 0.1) is 22.0 Å². The van der Waals surface area contributed by atoms with E-state index in [1.54, 1.807) is 12.1 Å². The van der Waals surface area contributed by atoms with E-state index in [9.17, 15) is 8.42 Å². The van der Waals surface area contributed by atoms with E-state index in [1.807, 2.05) is 0 Å². The smallest absolute Gasteiger partial charge is 0.231 e. The van der Waals surface area contributed by atoms with E-state index in [1.165, 1.54) is 13.1 Å². The molecular formula is C8H9Cl2NO2S. The summed E-state index contributed by atoms with van der Waals surface area (Å²) in [7, 11) is -1.80. The van der Waals surface area contributed by atoms with Gasteiger partial charge >= 0.3 is 0 Å². The van der Waals surface area contributed by atoms with E-state index in [0.29, 0.717) is 15.7 Å². The van der Waals surface area contributed by atoms with Crippen molar-refractivity contribution in [2.24, 2.45) is 0 Å². The van der Waals surface area contributed by atoms with Crippen LogP contribution in [-0.4, -0.2) is 21.7 Å². The third-order valence-electron chi connectivity index (χ3n) is 1.76. The van der Waals surface area contributed by atoms with Crippen molar-refractivity contribution in [1.29, 1.82) is 0 Å². The molecule has 1 rings (SSSR count). The molecule has 0 aromatic heterocycles. The molecular weight excluding hydrogens is 245 g/mol.